The number of carbonyl (C=O) groups is 1. The van der Waals surface area contributed by atoms with E-state index in [1.807, 2.05) is 48.7 Å². The van der Waals surface area contributed by atoms with Crippen molar-refractivity contribution in [1.82, 2.24) is 10.3 Å². The number of carbonyl (C=O) groups excluding carboxylic acids is 1. The lowest BCUT2D eigenvalue weighted by molar-refractivity contribution is 0.187. The highest BCUT2D eigenvalue weighted by molar-refractivity contribution is 7.12. The summed E-state index contributed by atoms with van der Waals surface area (Å²) in [5, 5.41) is 11.6. The Morgan fingerprint density at radius 1 is 1.41 bits per heavy atom. The van der Waals surface area contributed by atoms with E-state index in [1.165, 1.54) is 0 Å². The van der Waals surface area contributed by atoms with Crippen molar-refractivity contribution in [1.29, 1.82) is 0 Å². The fraction of sp³-hybridized carbons (Fsp3) is 0.250. The topological polar surface area (TPSA) is 44.7 Å². The first-order valence-corrected chi connectivity index (χ1v) is 8.38. The number of rotatable bonds is 3. The summed E-state index contributed by atoms with van der Waals surface area (Å²) in [6.07, 6.45) is 0.708. The Morgan fingerprint density at radius 3 is 2.82 bits per heavy atom. The predicted octanol–water partition coefficient (Wildman–Crippen LogP) is 4.28. The minimum atomic E-state index is -0.172. The number of hydrogen-bond donors (Lipinski definition) is 1. The lowest BCUT2D eigenvalue weighted by Gasteiger charge is -2.22. The van der Waals surface area contributed by atoms with Gasteiger partial charge in [-0.05, 0) is 36.1 Å². The molecule has 1 atom stereocenters. The number of thiophene rings is 1. The van der Waals surface area contributed by atoms with Gasteiger partial charge in [-0.2, -0.15) is 5.10 Å². The van der Waals surface area contributed by atoms with Gasteiger partial charge >= 0.3 is 6.03 Å². The van der Waals surface area contributed by atoms with Crippen LogP contribution in [0.5, 0.6) is 0 Å². The smallest absolute Gasteiger partial charge is 0.337 e. The number of nitrogens with one attached hydrogen (secondary N) is 1. The van der Waals surface area contributed by atoms with E-state index < -0.39 is 0 Å². The third kappa shape index (κ3) is 3.00. The fourth-order valence-corrected chi connectivity index (χ4v) is 3.31. The Bertz CT molecular complexity index is 682. The molecule has 1 aromatic carbocycles. The van der Waals surface area contributed by atoms with Gasteiger partial charge in [-0.3, -0.25) is 0 Å². The van der Waals surface area contributed by atoms with Crippen molar-refractivity contribution in [3.05, 3.63) is 57.2 Å². The van der Waals surface area contributed by atoms with E-state index in [1.54, 1.807) is 16.3 Å². The molecule has 114 valence electrons. The molecule has 2 amide bonds. The normalized spacial score (nSPS) is 17.5. The van der Waals surface area contributed by atoms with Gasteiger partial charge in [0, 0.05) is 18.0 Å². The molecule has 0 saturated heterocycles. The molecule has 0 fully saturated rings. The third-order valence-electron chi connectivity index (χ3n) is 3.51. The highest BCUT2D eigenvalue weighted by Crippen LogP contribution is 2.34. The van der Waals surface area contributed by atoms with Crippen LogP contribution in [0.15, 0.2) is 46.9 Å². The van der Waals surface area contributed by atoms with Crippen LogP contribution in [0.4, 0.5) is 4.79 Å². The molecular formula is C16H16ClN3OS. The van der Waals surface area contributed by atoms with Crippen molar-refractivity contribution in [2.24, 2.45) is 5.10 Å². The Labute approximate surface area is 138 Å². The van der Waals surface area contributed by atoms with Crippen LogP contribution in [0.25, 0.3) is 0 Å². The van der Waals surface area contributed by atoms with Crippen molar-refractivity contribution in [3.63, 3.8) is 0 Å². The molecule has 6 heteroatoms. The van der Waals surface area contributed by atoms with Crippen LogP contribution in [-0.2, 0) is 0 Å². The summed E-state index contributed by atoms with van der Waals surface area (Å²) < 4.78 is 0. The molecule has 0 saturated carbocycles. The first-order chi connectivity index (χ1) is 10.7. The van der Waals surface area contributed by atoms with Gasteiger partial charge in [-0.15, -0.1) is 11.3 Å². The summed E-state index contributed by atoms with van der Waals surface area (Å²) in [5.41, 5.74) is 1.98. The SMILES string of the molecule is CCNC(=O)N1N=C(c2cccs2)CC1c1ccc(Cl)cc1. The molecular weight excluding hydrogens is 318 g/mol. The lowest BCUT2D eigenvalue weighted by atomic mass is 10.0. The quantitative estimate of drug-likeness (QED) is 0.895. The molecule has 22 heavy (non-hydrogen) atoms. The van der Waals surface area contributed by atoms with E-state index in [0.29, 0.717) is 18.0 Å². The second kappa shape index (κ2) is 6.50. The van der Waals surface area contributed by atoms with Crippen molar-refractivity contribution in [2.45, 2.75) is 19.4 Å². The molecule has 1 unspecified atom stereocenters. The van der Waals surface area contributed by atoms with E-state index in [-0.39, 0.29) is 12.1 Å². The molecule has 3 rings (SSSR count). The number of hydrogen-bond acceptors (Lipinski definition) is 3. The van der Waals surface area contributed by atoms with E-state index in [9.17, 15) is 4.79 Å². The molecule has 1 aromatic heterocycles. The van der Waals surface area contributed by atoms with Crippen LogP contribution < -0.4 is 5.32 Å². The molecule has 0 aliphatic carbocycles. The zero-order chi connectivity index (χ0) is 15.5. The van der Waals surface area contributed by atoms with Gasteiger partial charge in [0.25, 0.3) is 0 Å². The largest absolute Gasteiger partial charge is 0.338 e. The van der Waals surface area contributed by atoms with Gasteiger partial charge in [-0.1, -0.05) is 29.8 Å². The average Bonchev–Trinajstić information content (AvgIpc) is 3.17. The second-order valence-electron chi connectivity index (χ2n) is 4.98. The maximum Gasteiger partial charge on any atom is 0.338 e. The molecule has 4 nitrogen and oxygen atoms in total. The summed E-state index contributed by atoms with van der Waals surface area (Å²) in [6.45, 7) is 2.47. The van der Waals surface area contributed by atoms with Gasteiger partial charge in [0.1, 0.15) is 0 Å². The number of urea groups is 1. The van der Waals surface area contributed by atoms with Gasteiger partial charge in [0.2, 0.25) is 0 Å². The van der Waals surface area contributed by atoms with Gasteiger partial charge in [0.05, 0.1) is 16.6 Å². The minimum absolute atomic E-state index is 0.0964. The van der Waals surface area contributed by atoms with Crippen LogP contribution in [0.3, 0.4) is 0 Å². The lowest BCUT2D eigenvalue weighted by Crippen LogP contribution is -2.36. The van der Waals surface area contributed by atoms with Crippen LogP contribution >= 0.6 is 22.9 Å². The van der Waals surface area contributed by atoms with E-state index in [0.717, 1.165) is 16.2 Å². The van der Waals surface area contributed by atoms with Gasteiger partial charge < -0.3 is 5.32 Å². The Hall–Kier alpha value is -1.85. The Morgan fingerprint density at radius 2 is 2.18 bits per heavy atom. The number of halogens is 1. The van der Waals surface area contributed by atoms with Crippen molar-refractivity contribution in [2.75, 3.05) is 6.54 Å². The second-order valence-corrected chi connectivity index (χ2v) is 6.36. The fourth-order valence-electron chi connectivity index (χ4n) is 2.47. The molecule has 2 heterocycles. The van der Waals surface area contributed by atoms with Crippen molar-refractivity contribution < 1.29 is 4.79 Å². The number of amides is 2. The van der Waals surface area contributed by atoms with E-state index in [4.69, 9.17) is 11.6 Å². The van der Waals surface area contributed by atoms with Crippen LogP contribution in [0.1, 0.15) is 29.8 Å². The van der Waals surface area contributed by atoms with Crippen molar-refractivity contribution >= 4 is 34.7 Å². The highest BCUT2D eigenvalue weighted by Gasteiger charge is 2.33. The minimum Gasteiger partial charge on any atom is -0.337 e. The molecule has 0 radical (unpaired) electrons. The molecule has 1 aliphatic heterocycles. The highest BCUT2D eigenvalue weighted by atomic mass is 35.5. The summed E-state index contributed by atoms with van der Waals surface area (Å²) in [4.78, 5) is 13.4. The molecule has 0 spiro atoms. The summed E-state index contributed by atoms with van der Waals surface area (Å²) >= 11 is 7.59. The first kappa shape index (κ1) is 15.1. The molecule has 0 bridgehead atoms. The monoisotopic (exact) mass is 333 g/mol. The number of nitrogens with zero attached hydrogens (tertiary/aromatic N) is 2. The zero-order valence-electron chi connectivity index (χ0n) is 12.1. The van der Waals surface area contributed by atoms with E-state index >= 15 is 0 Å². The first-order valence-electron chi connectivity index (χ1n) is 7.13. The zero-order valence-corrected chi connectivity index (χ0v) is 13.7. The maximum absolute atomic E-state index is 12.3. The summed E-state index contributed by atoms with van der Waals surface area (Å²) in [5.74, 6) is 0. The van der Waals surface area contributed by atoms with Crippen LogP contribution in [0.2, 0.25) is 5.02 Å². The Balaban J connectivity index is 1.91. The Kier molecular flexibility index (Phi) is 4.45. The van der Waals surface area contributed by atoms with Crippen LogP contribution in [-0.4, -0.2) is 23.3 Å². The standard InChI is InChI=1S/C16H16ClN3OS/c1-2-18-16(21)20-14(11-5-7-12(17)8-6-11)10-13(19-20)15-4-3-9-22-15/h3-9,14H,2,10H2,1H3,(H,18,21). The maximum atomic E-state index is 12.3. The summed E-state index contributed by atoms with van der Waals surface area (Å²) in [7, 11) is 0. The predicted molar refractivity (Wildman–Crippen MR) is 90.6 cm³/mol. The van der Waals surface area contributed by atoms with Crippen LogP contribution in [0, 0.1) is 0 Å². The number of benzene rings is 1. The third-order valence-corrected chi connectivity index (χ3v) is 4.68. The summed E-state index contributed by atoms with van der Waals surface area (Å²) in [6, 6.07) is 11.3. The number of hydrazone groups is 1. The molecule has 1 aliphatic rings. The average molecular weight is 334 g/mol. The van der Waals surface area contributed by atoms with Gasteiger partial charge in [-0.25, -0.2) is 9.80 Å². The van der Waals surface area contributed by atoms with E-state index in [2.05, 4.69) is 10.4 Å². The van der Waals surface area contributed by atoms with Crippen molar-refractivity contribution in [3.8, 4) is 0 Å². The molecule has 1 N–H and O–H groups in total. The molecule has 2 aromatic rings. The van der Waals surface area contributed by atoms with Gasteiger partial charge in [0.15, 0.2) is 0 Å².